The molecule has 0 aliphatic carbocycles. The van der Waals surface area contributed by atoms with Gasteiger partial charge in [-0.1, -0.05) is 36.4 Å². The summed E-state index contributed by atoms with van der Waals surface area (Å²) in [5.74, 6) is 1.20. The van der Waals surface area contributed by atoms with Crippen molar-refractivity contribution in [1.29, 1.82) is 0 Å². The van der Waals surface area contributed by atoms with Gasteiger partial charge in [-0.25, -0.2) is 9.59 Å². The first kappa shape index (κ1) is 23.4. The number of carbonyl (C=O) groups excluding carboxylic acids is 2. The molecular formula is C30H22O8. The fourth-order valence-corrected chi connectivity index (χ4v) is 4.74. The van der Waals surface area contributed by atoms with Gasteiger partial charge in [-0.05, 0) is 46.9 Å². The Kier molecular flexibility index (Phi) is 5.84. The standard InChI is InChI=1S/C30H22O8/c1-33-23-13-19-20(14-24(23)34-2)29(38-26(31)11-8-17-6-4-3-5-7-17)21-15-35-30(32)28(21)27(19)18-9-10-22-25(12-18)37-16-36-22/h3-14H,15-16H2,1-2H3. The monoisotopic (exact) mass is 510 g/mol. The van der Waals surface area contributed by atoms with Crippen molar-refractivity contribution in [1.82, 2.24) is 0 Å². The zero-order valence-electron chi connectivity index (χ0n) is 20.6. The molecule has 0 saturated heterocycles. The van der Waals surface area contributed by atoms with E-state index in [2.05, 4.69) is 0 Å². The van der Waals surface area contributed by atoms with Crippen molar-refractivity contribution >= 4 is 28.8 Å². The summed E-state index contributed by atoms with van der Waals surface area (Å²) in [7, 11) is 3.05. The molecular weight excluding hydrogens is 488 g/mol. The normalized spacial score (nSPS) is 13.5. The zero-order valence-corrected chi connectivity index (χ0v) is 20.6. The number of benzene rings is 4. The van der Waals surface area contributed by atoms with E-state index in [1.54, 1.807) is 24.3 Å². The second kappa shape index (κ2) is 9.48. The van der Waals surface area contributed by atoms with E-state index in [1.165, 1.54) is 20.3 Å². The number of methoxy groups -OCH3 is 2. The molecule has 0 bridgehead atoms. The van der Waals surface area contributed by atoms with Gasteiger partial charge in [0, 0.05) is 22.6 Å². The second-order valence-electron chi connectivity index (χ2n) is 8.62. The van der Waals surface area contributed by atoms with Crippen LogP contribution in [-0.4, -0.2) is 33.0 Å². The van der Waals surface area contributed by atoms with E-state index >= 15 is 0 Å². The molecule has 0 aromatic heterocycles. The van der Waals surface area contributed by atoms with Crippen LogP contribution in [-0.2, 0) is 16.1 Å². The summed E-state index contributed by atoms with van der Waals surface area (Å²) in [5.41, 5.74) is 2.96. The molecule has 0 N–H and O–H groups in total. The van der Waals surface area contributed by atoms with Crippen molar-refractivity contribution in [3.8, 4) is 39.9 Å². The minimum absolute atomic E-state index is 0.0407. The van der Waals surface area contributed by atoms with Gasteiger partial charge in [0.15, 0.2) is 23.0 Å². The summed E-state index contributed by atoms with van der Waals surface area (Å²) in [6, 6.07) is 18.3. The molecule has 0 spiro atoms. The lowest BCUT2D eigenvalue weighted by molar-refractivity contribution is -0.128. The fraction of sp³-hybridized carbons (Fsp3) is 0.133. The number of hydrogen-bond donors (Lipinski definition) is 0. The fourth-order valence-electron chi connectivity index (χ4n) is 4.74. The number of esters is 2. The molecule has 0 unspecified atom stereocenters. The smallest absolute Gasteiger partial charge is 0.339 e. The highest BCUT2D eigenvalue weighted by atomic mass is 16.7. The van der Waals surface area contributed by atoms with E-state index in [1.807, 2.05) is 42.5 Å². The largest absolute Gasteiger partial charge is 0.493 e. The summed E-state index contributed by atoms with van der Waals surface area (Å²) >= 11 is 0. The molecule has 0 amide bonds. The molecule has 6 rings (SSSR count). The summed E-state index contributed by atoms with van der Waals surface area (Å²) in [6.07, 6.45) is 3.01. The van der Waals surface area contributed by atoms with Crippen molar-refractivity contribution in [3.63, 3.8) is 0 Å². The van der Waals surface area contributed by atoms with E-state index in [0.29, 0.717) is 56.0 Å². The van der Waals surface area contributed by atoms with Crippen molar-refractivity contribution in [3.05, 3.63) is 83.4 Å². The average molecular weight is 510 g/mol. The van der Waals surface area contributed by atoms with Crippen LogP contribution in [0.4, 0.5) is 0 Å². The number of cyclic esters (lactones) is 1. The Morgan fingerprint density at radius 3 is 2.34 bits per heavy atom. The summed E-state index contributed by atoms with van der Waals surface area (Å²) in [6.45, 7) is 0.0805. The highest BCUT2D eigenvalue weighted by molar-refractivity contribution is 6.14. The first-order valence-corrected chi connectivity index (χ1v) is 11.8. The van der Waals surface area contributed by atoms with Crippen molar-refractivity contribution < 1.29 is 38.0 Å². The van der Waals surface area contributed by atoms with E-state index in [4.69, 9.17) is 28.4 Å². The third-order valence-corrected chi connectivity index (χ3v) is 6.49. The summed E-state index contributed by atoms with van der Waals surface area (Å²) in [5, 5.41) is 1.18. The van der Waals surface area contributed by atoms with Crippen LogP contribution >= 0.6 is 0 Å². The summed E-state index contributed by atoms with van der Waals surface area (Å²) < 4.78 is 33.5. The molecule has 0 fully saturated rings. The number of carbonyl (C=O) groups is 2. The number of fused-ring (bicyclic) bond motifs is 3. The molecule has 0 radical (unpaired) electrons. The van der Waals surface area contributed by atoms with Crippen LogP contribution in [0.1, 0.15) is 21.5 Å². The maximum Gasteiger partial charge on any atom is 0.339 e. The quantitative estimate of drug-likeness (QED) is 0.190. The minimum Gasteiger partial charge on any atom is -0.493 e. The lowest BCUT2D eigenvalue weighted by Gasteiger charge is -2.18. The van der Waals surface area contributed by atoms with E-state index in [0.717, 1.165) is 5.56 Å². The van der Waals surface area contributed by atoms with Crippen LogP contribution in [0.2, 0.25) is 0 Å². The third-order valence-electron chi connectivity index (χ3n) is 6.49. The molecule has 4 aromatic rings. The van der Waals surface area contributed by atoms with Crippen LogP contribution < -0.4 is 23.7 Å². The minimum atomic E-state index is -0.595. The Balaban J connectivity index is 1.56. The van der Waals surface area contributed by atoms with Gasteiger partial charge in [0.2, 0.25) is 6.79 Å². The average Bonchev–Trinajstić information content (AvgIpc) is 3.58. The third kappa shape index (κ3) is 3.96. The number of hydrogen-bond acceptors (Lipinski definition) is 8. The van der Waals surface area contributed by atoms with Gasteiger partial charge in [-0.3, -0.25) is 0 Å². The van der Waals surface area contributed by atoms with Crippen LogP contribution in [0.25, 0.3) is 28.0 Å². The topological polar surface area (TPSA) is 89.5 Å². The van der Waals surface area contributed by atoms with Gasteiger partial charge in [0.25, 0.3) is 0 Å². The summed E-state index contributed by atoms with van der Waals surface area (Å²) in [4.78, 5) is 26.0. The molecule has 0 saturated carbocycles. The van der Waals surface area contributed by atoms with Gasteiger partial charge in [0.05, 0.1) is 19.8 Å². The van der Waals surface area contributed by atoms with Gasteiger partial charge in [0.1, 0.15) is 12.4 Å². The lowest BCUT2D eigenvalue weighted by Crippen LogP contribution is -2.08. The van der Waals surface area contributed by atoms with Crippen LogP contribution in [0.5, 0.6) is 28.7 Å². The highest BCUT2D eigenvalue weighted by Gasteiger charge is 2.34. The molecule has 190 valence electrons. The predicted octanol–water partition coefficient (Wildman–Crippen LogP) is 5.54. The Morgan fingerprint density at radius 2 is 1.58 bits per heavy atom. The Morgan fingerprint density at radius 1 is 0.842 bits per heavy atom. The van der Waals surface area contributed by atoms with E-state index in [-0.39, 0.29) is 19.1 Å². The van der Waals surface area contributed by atoms with Crippen LogP contribution in [0, 0.1) is 0 Å². The molecule has 38 heavy (non-hydrogen) atoms. The second-order valence-corrected chi connectivity index (χ2v) is 8.62. The Labute approximate surface area is 217 Å². The molecule has 2 aliphatic rings. The van der Waals surface area contributed by atoms with Gasteiger partial charge in [-0.15, -0.1) is 0 Å². The van der Waals surface area contributed by atoms with E-state index < -0.39 is 11.9 Å². The lowest BCUT2D eigenvalue weighted by atomic mass is 9.89. The SMILES string of the molecule is COc1cc2c(OC(=O)C=Cc3ccccc3)c3c(c(-c4ccc5c(c4)OCO5)c2cc1OC)C(=O)OC3. The van der Waals surface area contributed by atoms with Crippen molar-refractivity contribution in [2.24, 2.45) is 0 Å². The van der Waals surface area contributed by atoms with Crippen LogP contribution in [0.15, 0.2) is 66.7 Å². The molecule has 0 atom stereocenters. The van der Waals surface area contributed by atoms with Gasteiger partial charge < -0.3 is 28.4 Å². The van der Waals surface area contributed by atoms with Crippen LogP contribution in [0.3, 0.4) is 0 Å². The Bertz CT molecular complexity index is 1620. The van der Waals surface area contributed by atoms with E-state index in [9.17, 15) is 9.59 Å². The van der Waals surface area contributed by atoms with Crippen molar-refractivity contribution in [2.45, 2.75) is 6.61 Å². The predicted molar refractivity (Wildman–Crippen MR) is 139 cm³/mol. The number of rotatable bonds is 6. The van der Waals surface area contributed by atoms with Gasteiger partial charge in [-0.2, -0.15) is 0 Å². The van der Waals surface area contributed by atoms with Crippen molar-refractivity contribution in [2.75, 3.05) is 21.0 Å². The highest BCUT2D eigenvalue weighted by Crippen LogP contribution is 2.49. The van der Waals surface area contributed by atoms with Gasteiger partial charge >= 0.3 is 11.9 Å². The maximum atomic E-state index is 13.1. The first-order valence-electron chi connectivity index (χ1n) is 11.8. The molecule has 8 heteroatoms. The molecule has 4 aromatic carbocycles. The molecule has 2 aliphatic heterocycles. The molecule has 2 heterocycles. The number of ether oxygens (including phenoxy) is 6. The first-order chi connectivity index (χ1) is 18.6. The molecule has 8 nitrogen and oxygen atoms in total. The maximum absolute atomic E-state index is 13.1. The zero-order chi connectivity index (χ0) is 26.2. The Hall–Kier alpha value is -4.98.